The van der Waals surface area contributed by atoms with E-state index in [-0.39, 0.29) is 0 Å². The third-order valence-electron chi connectivity index (χ3n) is 3.00. The van der Waals surface area contributed by atoms with E-state index in [0.717, 1.165) is 25.7 Å². The van der Waals surface area contributed by atoms with Gasteiger partial charge in [-0.1, -0.05) is 32.1 Å². The number of carbonyl (C=O) groups is 2. The molecule has 0 bridgehead atoms. The first-order valence-corrected chi connectivity index (χ1v) is 5.51. The fraction of sp³-hybridized carbons (Fsp3) is 0.818. The summed E-state index contributed by atoms with van der Waals surface area (Å²) in [5, 5.41) is 18.0. The van der Waals surface area contributed by atoms with E-state index in [2.05, 4.69) is 0 Å². The van der Waals surface area contributed by atoms with E-state index in [9.17, 15) is 14.7 Å². The monoisotopic (exact) mass is 214 g/mol. The van der Waals surface area contributed by atoms with E-state index in [1.54, 1.807) is 0 Å². The summed E-state index contributed by atoms with van der Waals surface area (Å²) in [6.45, 7) is -0.805. The third kappa shape index (κ3) is 3.72. The van der Waals surface area contributed by atoms with E-state index < -0.39 is 24.3 Å². The van der Waals surface area contributed by atoms with Crippen LogP contribution in [0, 0.1) is 5.92 Å². The molecule has 1 rings (SSSR count). The van der Waals surface area contributed by atoms with Crippen LogP contribution < -0.4 is 0 Å². The highest BCUT2D eigenvalue weighted by Gasteiger charge is 2.26. The molecule has 4 heteroatoms. The third-order valence-corrected chi connectivity index (χ3v) is 3.00. The Morgan fingerprint density at radius 3 is 2.33 bits per heavy atom. The maximum atomic E-state index is 11.2. The van der Waals surface area contributed by atoms with E-state index in [4.69, 9.17) is 5.11 Å². The summed E-state index contributed by atoms with van der Waals surface area (Å²) < 4.78 is 0. The van der Waals surface area contributed by atoms with Crippen LogP contribution in [0.1, 0.15) is 38.5 Å². The summed E-state index contributed by atoms with van der Waals surface area (Å²) in [5.74, 6) is -1.38. The Bertz CT molecular complexity index is 231. The molecule has 1 fully saturated rings. The largest absolute Gasteiger partial charge is 0.388 e. The smallest absolute Gasteiger partial charge is 0.229 e. The standard InChI is InChI=1S/C11H18O4/c12-7-10(14)11(15)9(13)6-8-4-2-1-3-5-8/h8-9,12-13H,1-7H2. The molecule has 1 saturated carbocycles. The van der Waals surface area contributed by atoms with Crippen LogP contribution in [-0.4, -0.2) is 34.5 Å². The van der Waals surface area contributed by atoms with Gasteiger partial charge in [-0.2, -0.15) is 0 Å². The molecule has 1 aliphatic carbocycles. The Morgan fingerprint density at radius 2 is 1.80 bits per heavy atom. The van der Waals surface area contributed by atoms with Crippen molar-refractivity contribution in [3.8, 4) is 0 Å². The van der Waals surface area contributed by atoms with E-state index in [1.807, 2.05) is 0 Å². The molecule has 0 radical (unpaired) electrons. The summed E-state index contributed by atoms with van der Waals surface area (Å²) in [4.78, 5) is 22.0. The van der Waals surface area contributed by atoms with Crippen molar-refractivity contribution in [1.82, 2.24) is 0 Å². The Kier molecular flexibility index (Phi) is 4.91. The van der Waals surface area contributed by atoms with Crippen LogP contribution in [0.4, 0.5) is 0 Å². The van der Waals surface area contributed by atoms with Crippen LogP contribution in [0.3, 0.4) is 0 Å². The van der Waals surface area contributed by atoms with Crippen LogP contribution in [0.15, 0.2) is 0 Å². The van der Waals surface area contributed by atoms with Crippen molar-refractivity contribution in [3.63, 3.8) is 0 Å². The highest BCUT2D eigenvalue weighted by atomic mass is 16.3. The Morgan fingerprint density at radius 1 is 1.20 bits per heavy atom. The van der Waals surface area contributed by atoms with Gasteiger partial charge in [-0.15, -0.1) is 0 Å². The van der Waals surface area contributed by atoms with Crippen LogP contribution in [0.25, 0.3) is 0 Å². The molecular formula is C11H18O4. The highest BCUT2D eigenvalue weighted by molar-refractivity contribution is 6.39. The predicted molar refractivity (Wildman–Crippen MR) is 54.3 cm³/mol. The van der Waals surface area contributed by atoms with E-state index in [1.165, 1.54) is 6.42 Å². The van der Waals surface area contributed by atoms with Gasteiger partial charge in [-0.25, -0.2) is 0 Å². The summed E-state index contributed by atoms with van der Waals surface area (Å²) in [5.41, 5.74) is 0. The lowest BCUT2D eigenvalue weighted by Crippen LogP contribution is -2.32. The van der Waals surface area contributed by atoms with Crippen molar-refractivity contribution in [3.05, 3.63) is 0 Å². The second kappa shape index (κ2) is 5.98. The van der Waals surface area contributed by atoms with Crippen LogP contribution >= 0.6 is 0 Å². The molecule has 0 aromatic heterocycles. The van der Waals surface area contributed by atoms with Crippen molar-refractivity contribution >= 4 is 11.6 Å². The molecular weight excluding hydrogens is 196 g/mol. The number of hydrogen-bond acceptors (Lipinski definition) is 4. The van der Waals surface area contributed by atoms with Gasteiger partial charge in [0.25, 0.3) is 0 Å². The van der Waals surface area contributed by atoms with Gasteiger partial charge in [0, 0.05) is 0 Å². The van der Waals surface area contributed by atoms with Gasteiger partial charge in [0.05, 0.1) is 0 Å². The Labute approximate surface area is 89.3 Å². The first kappa shape index (κ1) is 12.3. The lowest BCUT2D eigenvalue weighted by molar-refractivity contribution is -0.143. The topological polar surface area (TPSA) is 74.6 Å². The van der Waals surface area contributed by atoms with Gasteiger partial charge in [0.2, 0.25) is 11.6 Å². The van der Waals surface area contributed by atoms with Gasteiger partial charge < -0.3 is 10.2 Å². The van der Waals surface area contributed by atoms with Crippen molar-refractivity contribution < 1.29 is 19.8 Å². The fourth-order valence-electron chi connectivity index (χ4n) is 2.11. The summed E-state index contributed by atoms with van der Waals surface area (Å²) in [6.07, 6.45) is 4.70. The Hall–Kier alpha value is -0.740. The number of hydrogen-bond donors (Lipinski definition) is 2. The molecule has 0 saturated heterocycles. The Balaban J connectivity index is 2.36. The molecule has 1 unspecified atom stereocenters. The minimum atomic E-state index is -1.22. The number of aliphatic hydroxyl groups excluding tert-OH is 2. The number of carbonyl (C=O) groups excluding carboxylic acids is 2. The number of aliphatic hydroxyl groups is 2. The van der Waals surface area contributed by atoms with Gasteiger partial charge in [0.15, 0.2) is 0 Å². The normalized spacial score (nSPS) is 19.9. The molecule has 0 aromatic carbocycles. The molecule has 0 aromatic rings. The van der Waals surface area contributed by atoms with Crippen molar-refractivity contribution in [1.29, 1.82) is 0 Å². The highest BCUT2D eigenvalue weighted by Crippen LogP contribution is 2.27. The van der Waals surface area contributed by atoms with Gasteiger partial charge in [-0.05, 0) is 12.3 Å². The van der Waals surface area contributed by atoms with Gasteiger partial charge in [0.1, 0.15) is 12.7 Å². The molecule has 1 aliphatic rings. The zero-order valence-electron chi connectivity index (χ0n) is 8.82. The first-order chi connectivity index (χ1) is 7.15. The molecule has 1 atom stereocenters. The zero-order chi connectivity index (χ0) is 11.3. The lowest BCUT2D eigenvalue weighted by atomic mass is 9.84. The van der Waals surface area contributed by atoms with E-state index >= 15 is 0 Å². The molecule has 4 nitrogen and oxygen atoms in total. The SMILES string of the molecule is O=C(CO)C(=O)C(O)CC1CCCCC1. The van der Waals surface area contributed by atoms with Gasteiger partial charge >= 0.3 is 0 Å². The molecule has 0 amide bonds. The summed E-state index contributed by atoms with van der Waals surface area (Å²) in [7, 11) is 0. The molecule has 2 N–H and O–H groups in total. The number of rotatable bonds is 5. The molecule has 0 aliphatic heterocycles. The second-order valence-corrected chi connectivity index (χ2v) is 4.20. The average molecular weight is 214 g/mol. The number of Topliss-reactive ketones (excluding diaryl/α,β-unsaturated/α-hetero) is 2. The quantitative estimate of drug-likeness (QED) is 0.651. The summed E-state index contributed by atoms with van der Waals surface area (Å²) in [6, 6.07) is 0. The second-order valence-electron chi connectivity index (χ2n) is 4.20. The van der Waals surface area contributed by atoms with Crippen LogP contribution in [0.5, 0.6) is 0 Å². The van der Waals surface area contributed by atoms with Gasteiger partial charge in [-0.3, -0.25) is 9.59 Å². The maximum Gasteiger partial charge on any atom is 0.229 e. The van der Waals surface area contributed by atoms with Crippen molar-refractivity contribution in [2.24, 2.45) is 5.92 Å². The molecule has 0 heterocycles. The van der Waals surface area contributed by atoms with Crippen molar-refractivity contribution in [2.45, 2.75) is 44.6 Å². The number of ketones is 2. The minimum Gasteiger partial charge on any atom is -0.388 e. The zero-order valence-corrected chi connectivity index (χ0v) is 8.82. The maximum absolute atomic E-state index is 11.2. The van der Waals surface area contributed by atoms with Crippen LogP contribution in [-0.2, 0) is 9.59 Å². The fourth-order valence-corrected chi connectivity index (χ4v) is 2.11. The minimum absolute atomic E-state index is 0.351. The van der Waals surface area contributed by atoms with E-state index in [0.29, 0.717) is 12.3 Å². The molecule has 86 valence electrons. The molecule has 0 spiro atoms. The van der Waals surface area contributed by atoms with Crippen LogP contribution in [0.2, 0.25) is 0 Å². The lowest BCUT2D eigenvalue weighted by Gasteiger charge is -2.23. The van der Waals surface area contributed by atoms with Crippen molar-refractivity contribution in [2.75, 3.05) is 6.61 Å². The summed E-state index contributed by atoms with van der Waals surface area (Å²) >= 11 is 0. The first-order valence-electron chi connectivity index (χ1n) is 5.51. The predicted octanol–water partition coefficient (Wildman–Crippen LogP) is 0.448. The average Bonchev–Trinajstić information content (AvgIpc) is 2.28. The molecule has 15 heavy (non-hydrogen) atoms.